The Morgan fingerprint density at radius 1 is 1.32 bits per heavy atom. The molecule has 0 aliphatic carbocycles. The average Bonchev–Trinajstić information content (AvgIpc) is 2.46. The zero-order valence-electron chi connectivity index (χ0n) is 10.6. The summed E-state index contributed by atoms with van der Waals surface area (Å²) in [6.07, 6.45) is 3.53. The highest BCUT2D eigenvalue weighted by Crippen LogP contribution is 2.17. The van der Waals surface area contributed by atoms with Crippen molar-refractivity contribution in [2.24, 2.45) is 10.8 Å². The van der Waals surface area contributed by atoms with Gasteiger partial charge in [-0.2, -0.15) is 0 Å². The third kappa shape index (κ3) is 4.24. The van der Waals surface area contributed by atoms with E-state index in [0.29, 0.717) is 5.02 Å². The van der Waals surface area contributed by atoms with E-state index in [2.05, 4.69) is 20.6 Å². The molecule has 4 N–H and O–H groups in total. The quantitative estimate of drug-likeness (QED) is 0.333. The lowest BCUT2D eigenvalue weighted by Crippen LogP contribution is -2.42. The van der Waals surface area contributed by atoms with Crippen molar-refractivity contribution >= 4 is 23.6 Å². The summed E-state index contributed by atoms with van der Waals surface area (Å²) in [4.78, 5) is 6.66. The average molecular weight is 280 g/mol. The van der Waals surface area contributed by atoms with Crippen LogP contribution in [0.2, 0.25) is 5.02 Å². The van der Waals surface area contributed by atoms with Crippen LogP contribution in [0.25, 0.3) is 5.70 Å². The molecule has 1 aromatic rings. The smallest absolute Gasteiger partial charge is 0.0914 e. The molecule has 1 saturated heterocycles. The lowest BCUT2D eigenvalue weighted by Gasteiger charge is -2.24. The van der Waals surface area contributed by atoms with Crippen LogP contribution in [0.15, 0.2) is 35.5 Å². The monoisotopic (exact) mass is 279 g/mol. The van der Waals surface area contributed by atoms with Crippen molar-refractivity contribution in [1.29, 1.82) is 0 Å². The minimum atomic E-state index is 0.704. The Labute approximate surface area is 118 Å². The van der Waals surface area contributed by atoms with Gasteiger partial charge in [0.25, 0.3) is 0 Å². The summed E-state index contributed by atoms with van der Waals surface area (Å²) < 4.78 is 0. The lowest BCUT2D eigenvalue weighted by atomic mass is 10.2. The molecule has 1 aromatic carbocycles. The number of nitrogens with one attached hydrogen (secondary N) is 2. The molecular formula is C13H18ClN5. The van der Waals surface area contributed by atoms with Crippen molar-refractivity contribution in [2.75, 3.05) is 26.2 Å². The van der Waals surface area contributed by atoms with Gasteiger partial charge in [-0.1, -0.05) is 23.7 Å². The Kier molecular flexibility index (Phi) is 5.20. The van der Waals surface area contributed by atoms with Gasteiger partial charge in [0.05, 0.1) is 12.0 Å². The van der Waals surface area contributed by atoms with Crippen molar-refractivity contribution in [3.05, 3.63) is 41.1 Å². The summed E-state index contributed by atoms with van der Waals surface area (Å²) in [5, 5.41) is 4.00. The summed E-state index contributed by atoms with van der Waals surface area (Å²) in [5.74, 6) is 5.36. The molecule has 6 heteroatoms. The highest BCUT2D eigenvalue weighted by molar-refractivity contribution is 6.30. The van der Waals surface area contributed by atoms with Gasteiger partial charge in [-0.15, -0.1) is 0 Å². The van der Waals surface area contributed by atoms with Crippen LogP contribution in [0.5, 0.6) is 0 Å². The van der Waals surface area contributed by atoms with Crippen LogP contribution < -0.4 is 16.6 Å². The van der Waals surface area contributed by atoms with Gasteiger partial charge in [0.1, 0.15) is 0 Å². The predicted octanol–water partition coefficient (Wildman–Crippen LogP) is 1.04. The van der Waals surface area contributed by atoms with E-state index in [1.165, 1.54) is 0 Å². The Bertz CT molecular complexity index is 449. The molecule has 0 aromatic heterocycles. The number of nitrogens with zero attached hydrogens (tertiary/aromatic N) is 2. The molecule has 0 spiro atoms. The van der Waals surface area contributed by atoms with E-state index in [0.717, 1.165) is 37.4 Å². The molecular weight excluding hydrogens is 262 g/mol. The molecule has 1 fully saturated rings. The summed E-state index contributed by atoms with van der Waals surface area (Å²) in [6, 6.07) is 7.50. The lowest BCUT2D eigenvalue weighted by molar-refractivity contribution is 0.366. The van der Waals surface area contributed by atoms with Crippen LogP contribution in [0.4, 0.5) is 0 Å². The first-order valence-corrected chi connectivity index (χ1v) is 6.58. The number of nitrogens with two attached hydrogens (primary N) is 1. The molecule has 2 rings (SSSR count). The first kappa shape index (κ1) is 13.9. The molecule has 0 unspecified atom stereocenters. The molecule has 0 radical (unpaired) electrons. The summed E-state index contributed by atoms with van der Waals surface area (Å²) in [5.41, 5.74) is 4.27. The maximum absolute atomic E-state index is 5.88. The normalized spacial score (nSPS) is 16.9. The fraction of sp³-hybridized carbons (Fsp3) is 0.308. The van der Waals surface area contributed by atoms with Gasteiger partial charge in [0, 0.05) is 43.0 Å². The van der Waals surface area contributed by atoms with Crippen molar-refractivity contribution in [2.45, 2.75) is 0 Å². The molecule has 1 aliphatic heterocycles. The third-order valence-electron chi connectivity index (χ3n) is 2.87. The largest absolute Gasteiger partial charge is 0.360 e. The summed E-state index contributed by atoms with van der Waals surface area (Å²) in [6.45, 7) is 3.91. The van der Waals surface area contributed by atoms with Gasteiger partial charge in [-0.3, -0.25) is 5.84 Å². The number of aliphatic imine (C=N–C) groups is 1. The number of rotatable bonds is 4. The second-order valence-corrected chi connectivity index (χ2v) is 4.67. The number of halogens is 1. The Balaban J connectivity index is 2.09. The van der Waals surface area contributed by atoms with Crippen LogP contribution in [-0.2, 0) is 0 Å². The second-order valence-electron chi connectivity index (χ2n) is 4.23. The van der Waals surface area contributed by atoms with Crippen LogP contribution in [0.3, 0.4) is 0 Å². The zero-order valence-corrected chi connectivity index (χ0v) is 11.4. The minimum absolute atomic E-state index is 0.704. The number of hydrazine groups is 1. The topological polar surface area (TPSA) is 65.7 Å². The molecule has 0 bridgehead atoms. The van der Waals surface area contributed by atoms with Crippen LogP contribution in [-0.4, -0.2) is 37.4 Å². The minimum Gasteiger partial charge on any atom is -0.360 e. The number of hydrogen-bond acceptors (Lipinski definition) is 4. The number of hydrogen-bond donors (Lipinski definition) is 3. The molecule has 1 aliphatic rings. The predicted molar refractivity (Wildman–Crippen MR) is 79.7 cm³/mol. The summed E-state index contributed by atoms with van der Waals surface area (Å²) in [7, 11) is 0. The molecule has 5 nitrogen and oxygen atoms in total. The summed E-state index contributed by atoms with van der Waals surface area (Å²) >= 11 is 5.88. The first-order chi connectivity index (χ1) is 9.29. The fourth-order valence-corrected chi connectivity index (χ4v) is 1.96. The molecule has 1 heterocycles. The molecule has 0 saturated carbocycles. The van der Waals surface area contributed by atoms with E-state index >= 15 is 0 Å². The number of piperazine rings is 1. The molecule has 0 atom stereocenters. The maximum Gasteiger partial charge on any atom is 0.0914 e. The van der Waals surface area contributed by atoms with Gasteiger partial charge in [-0.25, -0.2) is 4.99 Å². The molecule has 19 heavy (non-hydrogen) atoms. The van der Waals surface area contributed by atoms with Gasteiger partial charge < -0.3 is 15.6 Å². The Hall–Kier alpha value is -1.56. The van der Waals surface area contributed by atoms with Gasteiger partial charge >= 0.3 is 0 Å². The highest BCUT2D eigenvalue weighted by Gasteiger charge is 2.06. The van der Waals surface area contributed by atoms with Gasteiger partial charge in [0.15, 0.2) is 0 Å². The van der Waals surface area contributed by atoms with Crippen molar-refractivity contribution in [3.63, 3.8) is 0 Å². The van der Waals surface area contributed by atoms with E-state index in [-0.39, 0.29) is 0 Å². The van der Waals surface area contributed by atoms with E-state index in [1.54, 1.807) is 6.20 Å². The SMILES string of the molecule is NN/C=C(\N=CN1CCNCC1)c1ccc(Cl)cc1. The van der Waals surface area contributed by atoms with Crippen LogP contribution in [0, 0.1) is 0 Å². The van der Waals surface area contributed by atoms with E-state index < -0.39 is 0 Å². The van der Waals surface area contributed by atoms with E-state index in [9.17, 15) is 0 Å². The fourth-order valence-electron chi connectivity index (χ4n) is 1.84. The highest BCUT2D eigenvalue weighted by atomic mass is 35.5. The van der Waals surface area contributed by atoms with E-state index in [4.69, 9.17) is 17.4 Å². The number of benzene rings is 1. The standard InChI is InChI=1S/C13H18ClN5/c14-12-3-1-11(2-4-12)13(9-18-15)17-10-19-7-5-16-6-8-19/h1-4,9-10,16,18H,5-8,15H2/b13-9-,17-10?. The van der Waals surface area contributed by atoms with Crippen molar-refractivity contribution in [3.8, 4) is 0 Å². The Morgan fingerprint density at radius 2 is 2.00 bits per heavy atom. The van der Waals surface area contributed by atoms with Crippen molar-refractivity contribution in [1.82, 2.24) is 15.6 Å². The van der Waals surface area contributed by atoms with Crippen LogP contribution >= 0.6 is 11.6 Å². The van der Waals surface area contributed by atoms with Crippen molar-refractivity contribution < 1.29 is 0 Å². The molecule has 102 valence electrons. The maximum atomic E-state index is 5.88. The molecule has 0 amide bonds. The Morgan fingerprint density at radius 3 is 2.63 bits per heavy atom. The van der Waals surface area contributed by atoms with E-state index in [1.807, 2.05) is 30.6 Å². The van der Waals surface area contributed by atoms with Gasteiger partial charge in [0.2, 0.25) is 0 Å². The van der Waals surface area contributed by atoms with Crippen LogP contribution in [0.1, 0.15) is 5.56 Å². The first-order valence-electron chi connectivity index (χ1n) is 6.21. The second kappa shape index (κ2) is 7.13. The van der Waals surface area contributed by atoms with Gasteiger partial charge in [-0.05, 0) is 12.1 Å². The zero-order chi connectivity index (χ0) is 13.5. The third-order valence-corrected chi connectivity index (χ3v) is 3.12.